The Labute approximate surface area is 152 Å². The topological polar surface area (TPSA) is 64.7 Å². The maximum atomic E-state index is 13.6. The Morgan fingerprint density at radius 1 is 1.08 bits per heavy atom. The molecule has 8 heteroatoms. The molecule has 1 aliphatic heterocycles. The minimum Gasteiger partial charge on any atom is -0.353 e. The number of anilines is 1. The van der Waals surface area contributed by atoms with Gasteiger partial charge in [-0.1, -0.05) is 6.92 Å². The molecule has 1 aliphatic rings. The second-order valence-electron chi connectivity index (χ2n) is 6.60. The van der Waals surface area contributed by atoms with Crippen molar-refractivity contribution in [2.45, 2.75) is 26.3 Å². The fraction of sp³-hybridized carbons (Fsp3) is 0.556. The van der Waals surface area contributed by atoms with E-state index < -0.39 is 17.5 Å². The van der Waals surface area contributed by atoms with Crippen LogP contribution in [0.5, 0.6) is 0 Å². The molecule has 0 radical (unpaired) electrons. The number of hydrogen-bond donors (Lipinski definition) is 2. The minimum absolute atomic E-state index is 0.00659. The normalized spacial score (nSPS) is 16.9. The van der Waals surface area contributed by atoms with Gasteiger partial charge in [-0.3, -0.25) is 19.4 Å². The number of amides is 2. The molecule has 2 rings (SSSR count). The number of carbonyl (C=O) groups excluding carboxylic acids is 2. The van der Waals surface area contributed by atoms with E-state index in [4.69, 9.17) is 0 Å². The Morgan fingerprint density at radius 2 is 1.65 bits per heavy atom. The quantitative estimate of drug-likeness (QED) is 0.764. The number of piperazine rings is 1. The lowest BCUT2D eigenvalue weighted by Gasteiger charge is -2.34. The van der Waals surface area contributed by atoms with E-state index in [2.05, 4.69) is 10.6 Å². The Bertz CT molecular complexity index is 634. The molecule has 0 saturated carbocycles. The lowest BCUT2D eigenvalue weighted by molar-refractivity contribution is -0.124. The highest BCUT2D eigenvalue weighted by atomic mass is 19.1. The van der Waals surface area contributed by atoms with Crippen LogP contribution in [0.4, 0.5) is 14.5 Å². The summed E-state index contributed by atoms with van der Waals surface area (Å²) in [5, 5.41) is 5.33. The first-order valence-corrected chi connectivity index (χ1v) is 8.86. The largest absolute Gasteiger partial charge is 0.353 e. The Kier molecular flexibility index (Phi) is 7.47. The number of hydrogen-bond acceptors (Lipinski definition) is 4. The molecule has 0 aromatic heterocycles. The zero-order valence-corrected chi connectivity index (χ0v) is 15.2. The Morgan fingerprint density at radius 3 is 2.23 bits per heavy atom. The number of carbonyl (C=O) groups is 2. The Balaban J connectivity index is 1.73. The summed E-state index contributed by atoms with van der Waals surface area (Å²) in [7, 11) is 0. The van der Waals surface area contributed by atoms with Crippen LogP contribution >= 0.6 is 0 Å². The van der Waals surface area contributed by atoms with Crippen molar-refractivity contribution in [2.24, 2.45) is 0 Å². The van der Waals surface area contributed by atoms with Crippen molar-refractivity contribution in [1.82, 2.24) is 15.1 Å². The molecule has 1 fully saturated rings. The first-order chi connectivity index (χ1) is 12.4. The molecule has 1 atom stereocenters. The van der Waals surface area contributed by atoms with E-state index >= 15 is 0 Å². The van der Waals surface area contributed by atoms with E-state index in [9.17, 15) is 18.4 Å². The van der Waals surface area contributed by atoms with Crippen molar-refractivity contribution in [3.8, 4) is 0 Å². The molecular weight excluding hydrogens is 342 g/mol. The summed E-state index contributed by atoms with van der Waals surface area (Å²) in [6, 6.07) is 3.10. The van der Waals surface area contributed by atoms with E-state index in [-0.39, 0.29) is 24.2 Å². The van der Waals surface area contributed by atoms with Gasteiger partial charge in [-0.15, -0.1) is 0 Å². The third kappa shape index (κ3) is 6.34. The van der Waals surface area contributed by atoms with Crippen molar-refractivity contribution >= 4 is 17.5 Å². The van der Waals surface area contributed by atoms with Gasteiger partial charge in [0.1, 0.15) is 11.6 Å². The molecule has 2 N–H and O–H groups in total. The van der Waals surface area contributed by atoms with Crippen LogP contribution in [-0.4, -0.2) is 66.9 Å². The Hall–Kier alpha value is -2.06. The summed E-state index contributed by atoms with van der Waals surface area (Å²) in [5.74, 6) is -1.66. The van der Waals surface area contributed by atoms with E-state index in [0.717, 1.165) is 24.6 Å². The van der Waals surface area contributed by atoms with E-state index in [1.807, 2.05) is 23.6 Å². The molecule has 6 nitrogen and oxygen atoms in total. The molecule has 1 heterocycles. The van der Waals surface area contributed by atoms with Crippen LogP contribution in [0.15, 0.2) is 18.2 Å². The fourth-order valence-corrected chi connectivity index (χ4v) is 2.72. The molecule has 0 spiro atoms. The average molecular weight is 368 g/mol. The summed E-state index contributed by atoms with van der Waals surface area (Å²) < 4.78 is 26.7. The fourth-order valence-electron chi connectivity index (χ4n) is 2.72. The summed E-state index contributed by atoms with van der Waals surface area (Å²) in [6.07, 6.45) is 0.889. The highest BCUT2D eigenvalue weighted by Crippen LogP contribution is 2.15. The van der Waals surface area contributed by atoms with Crippen molar-refractivity contribution in [1.29, 1.82) is 0 Å². The first-order valence-electron chi connectivity index (χ1n) is 8.86. The SMILES string of the molecule is CCC(C)NC(=O)CN1CCN(CC(=O)Nc2cc(F)ccc2F)CC1. The predicted octanol–water partition coefficient (Wildman–Crippen LogP) is 1.44. The molecule has 1 saturated heterocycles. The van der Waals surface area contributed by atoms with Gasteiger partial charge in [-0.2, -0.15) is 0 Å². The number of rotatable bonds is 7. The summed E-state index contributed by atoms with van der Waals surface area (Å²) >= 11 is 0. The van der Waals surface area contributed by atoms with Gasteiger partial charge in [-0.05, 0) is 25.5 Å². The summed E-state index contributed by atoms with van der Waals surface area (Å²) in [4.78, 5) is 27.9. The van der Waals surface area contributed by atoms with Gasteiger partial charge < -0.3 is 10.6 Å². The van der Waals surface area contributed by atoms with Crippen LogP contribution in [0.2, 0.25) is 0 Å². The van der Waals surface area contributed by atoms with Crippen molar-refractivity contribution in [3.05, 3.63) is 29.8 Å². The van der Waals surface area contributed by atoms with E-state index in [1.165, 1.54) is 0 Å². The maximum absolute atomic E-state index is 13.6. The summed E-state index contributed by atoms with van der Waals surface area (Å²) in [6.45, 7) is 7.05. The molecule has 0 aliphatic carbocycles. The third-order valence-electron chi connectivity index (χ3n) is 4.42. The van der Waals surface area contributed by atoms with Gasteiger partial charge >= 0.3 is 0 Å². The zero-order valence-electron chi connectivity index (χ0n) is 15.2. The van der Waals surface area contributed by atoms with Crippen LogP contribution in [-0.2, 0) is 9.59 Å². The number of nitrogens with zero attached hydrogens (tertiary/aromatic N) is 2. The summed E-state index contributed by atoms with van der Waals surface area (Å²) in [5.41, 5.74) is -0.157. The number of nitrogens with one attached hydrogen (secondary N) is 2. The van der Waals surface area contributed by atoms with Crippen molar-refractivity contribution in [3.63, 3.8) is 0 Å². The van der Waals surface area contributed by atoms with Gasteiger partial charge in [0.05, 0.1) is 18.8 Å². The molecule has 1 aromatic carbocycles. The molecular formula is C18H26F2N4O2. The second-order valence-corrected chi connectivity index (χ2v) is 6.60. The monoisotopic (exact) mass is 368 g/mol. The zero-order chi connectivity index (χ0) is 19.1. The van der Waals surface area contributed by atoms with Crippen LogP contribution in [0.25, 0.3) is 0 Å². The van der Waals surface area contributed by atoms with Gasteiger partial charge in [-0.25, -0.2) is 8.78 Å². The smallest absolute Gasteiger partial charge is 0.238 e. The standard InChI is InChI=1S/C18H26F2N4O2/c1-3-13(2)21-17(25)11-23-6-8-24(9-7-23)12-18(26)22-16-10-14(19)4-5-15(16)20/h4-5,10,13H,3,6-9,11-12H2,1-2H3,(H,21,25)(H,22,26). The molecule has 0 bridgehead atoms. The predicted molar refractivity (Wildman–Crippen MR) is 95.8 cm³/mol. The number of halogens is 2. The van der Waals surface area contributed by atoms with E-state index in [1.54, 1.807) is 0 Å². The van der Waals surface area contributed by atoms with Crippen molar-refractivity contribution in [2.75, 3.05) is 44.6 Å². The second kappa shape index (κ2) is 9.59. The third-order valence-corrected chi connectivity index (χ3v) is 4.42. The van der Waals surface area contributed by atoms with Gasteiger partial charge in [0.25, 0.3) is 0 Å². The van der Waals surface area contributed by atoms with Crippen LogP contribution < -0.4 is 10.6 Å². The highest BCUT2D eigenvalue weighted by Gasteiger charge is 2.21. The molecule has 2 amide bonds. The lowest BCUT2D eigenvalue weighted by atomic mass is 10.2. The number of benzene rings is 1. The maximum Gasteiger partial charge on any atom is 0.238 e. The molecule has 26 heavy (non-hydrogen) atoms. The molecule has 1 unspecified atom stereocenters. The van der Waals surface area contributed by atoms with Gasteiger partial charge in [0.2, 0.25) is 11.8 Å². The van der Waals surface area contributed by atoms with Crippen LogP contribution in [0.3, 0.4) is 0 Å². The lowest BCUT2D eigenvalue weighted by Crippen LogP contribution is -2.51. The van der Waals surface area contributed by atoms with Crippen LogP contribution in [0, 0.1) is 11.6 Å². The van der Waals surface area contributed by atoms with Gasteiger partial charge in [0.15, 0.2) is 0 Å². The average Bonchev–Trinajstić information content (AvgIpc) is 2.59. The van der Waals surface area contributed by atoms with Crippen molar-refractivity contribution < 1.29 is 18.4 Å². The first kappa shape index (κ1) is 20.3. The molecule has 1 aromatic rings. The molecule has 144 valence electrons. The minimum atomic E-state index is -0.670. The highest BCUT2D eigenvalue weighted by molar-refractivity contribution is 5.92. The van der Waals surface area contributed by atoms with E-state index in [0.29, 0.717) is 32.7 Å². The van der Waals surface area contributed by atoms with Gasteiger partial charge in [0, 0.05) is 38.3 Å². The van der Waals surface area contributed by atoms with Crippen LogP contribution in [0.1, 0.15) is 20.3 Å².